The van der Waals surface area contributed by atoms with Crippen LogP contribution in [0.15, 0.2) is 0 Å². The summed E-state index contributed by atoms with van der Waals surface area (Å²) in [5.74, 6) is 2.28. The first-order chi connectivity index (χ1) is 7.75. The molecule has 16 heavy (non-hydrogen) atoms. The SMILES string of the molecule is CC1CC(N[C@@H](C)C2CCCCCC2)CS1. The molecular weight excluding hydrogens is 214 g/mol. The third kappa shape index (κ3) is 3.66. The fourth-order valence-electron chi connectivity index (χ4n) is 3.25. The highest BCUT2D eigenvalue weighted by molar-refractivity contribution is 8.00. The number of hydrogen-bond donors (Lipinski definition) is 1. The van der Waals surface area contributed by atoms with Crippen LogP contribution in [0.2, 0.25) is 0 Å². The lowest BCUT2D eigenvalue weighted by molar-refractivity contribution is 0.314. The monoisotopic (exact) mass is 241 g/mol. The number of nitrogens with one attached hydrogen (secondary N) is 1. The van der Waals surface area contributed by atoms with Crippen molar-refractivity contribution in [2.75, 3.05) is 5.75 Å². The zero-order valence-corrected chi connectivity index (χ0v) is 11.7. The summed E-state index contributed by atoms with van der Waals surface area (Å²) in [6, 6.07) is 1.53. The van der Waals surface area contributed by atoms with Gasteiger partial charge in [0.05, 0.1) is 0 Å². The Kier molecular flexibility index (Phi) is 5.02. The van der Waals surface area contributed by atoms with Gasteiger partial charge >= 0.3 is 0 Å². The third-order valence-electron chi connectivity index (χ3n) is 4.30. The zero-order chi connectivity index (χ0) is 11.4. The van der Waals surface area contributed by atoms with Crippen molar-refractivity contribution in [3.8, 4) is 0 Å². The number of hydrogen-bond acceptors (Lipinski definition) is 2. The molecule has 2 aliphatic rings. The standard InChI is InChI=1S/C14H27NS/c1-11-9-14(10-16-11)15-12(2)13-7-5-3-4-6-8-13/h11-15H,3-10H2,1-2H3/t11?,12-,14?/m0/s1. The van der Waals surface area contributed by atoms with Crippen LogP contribution in [0.5, 0.6) is 0 Å². The molecule has 1 nitrogen and oxygen atoms in total. The van der Waals surface area contributed by atoms with E-state index in [9.17, 15) is 0 Å². The average molecular weight is 241 g/mol. The molecule has 0 aromatic carbocycles. The van der Waals surface area contributed by atoms with Gasteiger partial charge in [0, 0.05) is 23.1 Å². The third-order valence-corrected chi connectivity index (χ3v) is 5.66. The van der Waals surface area contributed by atoms with Crippen molar-refractivity contribution >= 4 is 11.8 Å². The topological polar surface area (TPSA) is 12.0 Å². The minimum Gasteiger partial charge on any atom is -0.310 e. The van der Waals surface area contributed by atoms with Gasteiger partial charge in [-0.2, -0.15) is 11.8 Å². The Morgan fingerprint density at radius 3 is 2.38 bits per heavy atom. The van der Waals surface area contributed by atoms with Gasteiger partial charge in [0.15, 0.2) is 0 Å². The predicted octanol–water partition coefficient (Wildman–Crippen LogP) is 3.83. The smallest absolute Gasteiger partial charge is 0.0171 e. The van der Waals surface area contributed by atoms with Gasteiger partial charge in [-0.1, -0.05) is 32.6 Å². The van der Waals surface area contributed by atoms with Gasteiger partial charge in [-0.3, -0.25) is 0 Å². The summed E-state index contributed by atoms with van der Waals surface area (Å²) in [7, 11) is 0. The van der Waals surface area contributed by atoms with E-state index in [1.165, 1.54) is 50.7 Å². The number of thioether (sulfide) groups is 1. The van der Waals surface area contributed by atoms with Crippen LogP contribution >= 0.6 is 11.8 Å². The molecule has 3 atom stereocenters. The van der Waals surface area contributed by atoms with Crippen molar-refractivity contribution in [1.29, 1.82) is 0 Å². The van der Waals surface area contributed by atoms with Gasteiger partial charge in [0.25, 0.3) is 0 Å². The van der Waals surface area contributed by atoms with E-state index >= 15 is 0 Å². The van der Waals surface area contributed by atoms with E-state index in [4.69, 9.17) is 0 Å². The van der Waals surface area contributed by atoms with E-state index < -0.39 is 0 Å². The molecule has 2 heteroatoms. The fourth-order valence-corrected chi connectivity index (χ4v) is 4.41. The zero-order valence-electron chi connectivity index (χ0n) is 10.9. The van der Waals surface area contributed by atoms with Crippen molar-refractivity contribution < 1.29 is 0 Å². The molecule has 2 rings (SSSR count). The summed E-state index contributed by atoms with van der Waals surface area (Å²) in [6.45, 7) is 4.78. The molecule has 2 fully saturated rings. The van der Waals surface area contributed by atoms with Gasteiger partial charge in [-0.15, -0.1) is 0 Å². The van der Waals surface area contributed by atoms with E-state index in [1.54, 1.807) is 0 Å². The summed E-state index contributed by atoms with van der Waals surface area (Å²) in [5, 5.41) is 4.76. The van der Waals surface area contributed by atoms with Crippen LogP contribution in [0.4, 0.5) is 0 Å². The first-order valence-corrected chi connectivity index (χ1v) is 8.18. The van der Waals surface area contributed by atoms with E-state index in [1.807, 2.05) is 0 Å². The molecule has 1 saturated heterocycles. The van der Waals surface area contributed by atoms with Crippen molar-refractivity contribution in [2.45, 2.75) is 76.1 Å². The van der Waals surface area contributed by atoms with Crippen molar-refractivity contribution in [3.63, 3.8) is 0 Å². The highest BCUT2D eigenvalue weighted by Gasteiger charge is 2.26. The molecule has 0 aromatic rings. The van der Waals surface area contributed by atoms with E-state index in [0.717, 1.165) is 23.3 Å². The molecule has 0 radical (unpaired) electrons. The molecule has 0 bridgehead atoms. The van der Waals surface area contributed by atoms with Crippen molar-refractivity contribution in [3.05, 3.63) is 0 Å². The van der Waals surface area contributed by atoms with Crippen molar-refractivity contribution in [2.24, 2.45) is 5.92 Å². The van der Waals surface area contributed by atoms with Gasteiger partial charge in [0.2, 0.25) is 0 Å². The van der Waals surface area contributed by atoms with Gasteiger partial charge < -0.3 is 5.32 Å². The summed E-state index contributed by atoms with van der Waals surface area (Å²) < 4.78 is 0. The second-order valence-corrected chi connectivity index (χ2v) is 7.25. The molecular formula is C14H27NS. The molecule has 2 unspecified atom stereocenters. The average Bonchev–Trinajstić information content (AvgIpc) is 2.56. The molecule has 0 aromatic heterocycles. The lowest BCUT2D eigenvalue weighted by Crippen LogP contribution is -2.41. The second-order valence-electron chi connectivity index (χ2n) is 5.78. The maximum absolute atomic E-state index is 3.89. The van der Waals surface area contributed by atoms with Gasteiger partial charge in [-0.05, 0) is 32.1 Å². The summed E-state index contributed by atoms with van der Waals surface area (Å²) in [4.78, 5) is 0. The Labute approximate surface area is 105 Å². The van der Waals surface area contributed by atoms with Crippen molar-refractivity contribution in [1.82, 2.24) is 5.32 Å². The highest BCUT2D eigenvalue weighted by Crippen LogP contribution is 2.29. The summed E-state index contributed by atoms with van der Waals surface area (Å²) >= 11 is 2.14. The van der Waals surface area contributed by atoms with Gasteiger partial charge in [-0.25, -0.2) is 0 Å². The molecule has 1 aliphatic carbocycles. The molecule has 0 spiro atoms. The Morgan fingerprint density at radius 2 is 1.81 bits per heavy atom. The predicted molar refractivity (Wildman–Crippen MR) is 74.1 cm³/mol. The molecule has 94 valence electrons. The quantitative estimate of drug-likeness (QED) is 0.754. The Hall–Kier alpha value is 0.310. The van der Waals surface area contributed by atoms with E-state index in [0.29, 0.717) is 0 Å². The molecule has 1 heterocycles. The van der Waals surface area contributed by atoms with Crippen LogP contribution in [-0.4, -0.2) is 23.1 Å². The lowest BCUT2D eigenvalue weighted by atomic mass is 9.92. The Balaban J connectivity index is 1.75. The first-order valence-electron chi connectivity index (χ1n) is 7.13. The van der Waals surface area contributed by atoms with Crippen LogP contribution in [-0.2, 0) is 0 Å². The van der Waals surface area contributed by atoms with Gasteiger partial charge in [0.1, 0.15) is 0 Å². The van der Waals surface area contributed by atoms with Crippen LogP contribution in [0.25, 0.3) is 0 Å². The highest BCUT2D eigenvalue weighted by atomic mass is 32.2. The van der Waals surface area contributed by atoms with E-state index in [2.05, 4.69) is 30.9 Å². The minimum absolute atomic E-state index is 0.744. The van der Waals surface area contributed by atoms with Crippen LogP contribution in [0.1, 0.15) is 58.8 Å². The molecule has 1 N–H and O–H groups in total. The Bertz CT molecular complexity index is 199. The minimum atomic E-state index is 0.744. The fraction of sp³-hybridized carbons (Fsp3) is 1.00. The number of rotatable bonds is 3. The maximum atomic E-state index is 3.89. The van der Waals surface area contributed by atoms with Crippen LogP contribution < -0.4 is 5.32 Å². The first kappa shape index (κ1) is 12.8. The molecule has 1 aliphatic heterocycles. The lowest BCUT2D eigenvalue weighted by Gasteiger charge is -2.26. The summed E-state index contributed by atoms with van der Waals surface area (Å²) in [5.41, 5.74) is 0. The molecule has 1 saturated carbocycles. The Morgan fingerprint density at radius 1 is 1.12 bits per heavy atom. The second kappa shape index (κ2) is 6.30. The largest absolute Gasteiger partial charge is 0.310 e. The van der Waals surface area contributed by atoms with E-state index in [-0.39, 0.29) is 0 Å². The summed E-state index contributed by atoms with van der Waals surface area (Å²) in [6.07, 6.45) is 10.2. The maximum Gasteiger partial charge on any atom is 0.0171 e. The van der Waals surface area contributed by atoms with Crippen LogP contribution in [0, 0.1) is 5.92 Å². The molecule has 0 amide bonds. The van der Waals surface area contributed by atoms with Crippen LogP contribution in [0.3, 0.4) is 0 Å². The normalized spacial score (nSPS) is 34.9.